The first-order valence-electron chi connectivity index (χ1n) is 40.5. The first-order valence-corrected chi connectivity index (χ1v) is 40.5. The molecule has 6 aliphatic rings. The predicted molar refractivity (Wildman–Crippen MR) is 454 cm³/mol. The van der Waals surface area contributed by atoms with Gasteiger partial charge in [0.25, 0.3) is 22.2 Å². The molecule has 0 saturated carbocycles. The van der Waals surface area contributed by atoms with Crippen LogP contribution in [-0.2, 0) is 0 Å². The third kappa shape index (κ3) is 15.5. The molecule has 117 heavy (non-hydrogen) atoms. The molecule has 6 saturated heterocycles. The van der Waals surface area contributed by atoms with Crippen molar-refractivity contribution in [1.82, 2.24) is 77.5 Å². The number of benzene rings is 4. The van der Waals surface area contributed by atoms with Gasteiger partial charge in [-0.25, -0.2) is 39.9 Å². The number of anilines is 4. The number of nitrogens with zero attached hydrogens (tertiary/aromatic N) is 19. The summed E-state index contributed by atoms with van der Waals surface area (Å²) in [6.45, 7) is 24.0. The van der Waals surface area contributed by atoms with Crippen LogP contribution in [0.3, 0.4) is 0 Å². The average molecular weight is 1570 g/mol. The summed E-state index contributed by atoms with van der Waals surface area (Å²) in [6, 6.07) is 46.4. The molecule has 0 radical (unpaired) electrons. The lowest BCUT2D eigenvalue weighted by Crippen LogP contribution is -2.50. The smallest absolute Gasteiger partial charge is 0.258 e. The number of pyridine rings is 4. The number of aryl methyl sites for hydroxylation is 4. The topological polar surface area (TPSA) is 276 Å². The van der Waals surface area contributed by atoms with E-state index in [1.807, 2.05) is 156 Å². The molecule has 0 aliphatic carbocycles. The molecule has 594 valence electrons. The number of nitrogens with one attached hydrogen (secondary N) is 1. The molecule has 22 rings (SSSR count). The van der Waals surface area contributed by atoms with Crippen LogP contribution in [0, 0.1) is 27.7 Å². The SMILES string of the molecule is Cc1nc2ccc(-c3cc(=O)n4cc(N5CCCN(C)CC5)ccc4n3)cc2o1.Cc1nc2ccc(-c3cc(=O)n4cc(N5CCCNCC5)ccc4n3)cc2o1.Cc1nc2ccc(-c3cc(=O)n4cc(N5CCN6CCC[C@@H]6C5)ccc4n3)cc2o1.Cc1nc2ccc(-c3cc(=O)n4cc(N5CCN6CCC[C@H]6C5)ccc4n3)cc2o1. The summed E-state index contributed by atoms with van der Waals surface area (Å²) in [6.07, 6.45) is 15.0. The molecule has 6 fully saturated rings. The molecular weight excluding hydrogens is 1480 g/mol. The Labute approximate surface area is 671 Å². The van der Waals surface area contributed by atoms with Gasteiger partial charge in [-0.2, -0.15) is 0 Å². The lowest BCUT2D eigenvalue weighted by Gasteiger charge is -2.38. The molecular formula is C89H90N20O8. The van der Waals surface area contributed by atoms with Crippen molar-refractivity contribution in [3.05, 3.63) is 235 Å². The number of oxazole rings is 4. The molecule has 0 bridgehead atoms. The second-order valence-electron chi connectivity index (χ2n) is 31.3. The number of rotatable bonds is 8. The molecule has 4 aromatic carbocycles. The number of aromatic nitrogens is 12. The molecule has 1 N–H and O–H groups in total. The van der Waals surface area contributed by atoms with Crippen LogP contribution in [0.5, 0.6) is 0 Å². The third-order valence-corrected chi connectivity index (χ3v) is 23.4. The Morgan fingerprint density at radius 1 is 0.316 bits per heavy atom. The quantitative estimate of drug-likeness (QED) is 0.148. The summed E-state index contributed by atoms with van der Waals surface area (Å²) in [5.74, 6) is 2.49. The zero-order valence-corrected chi connectivity index (χ0v) is 66.1. The van der Waals surface area contributed by atoms with Gasteiger partial charge in [0.1, 0.15) is 44.7 Å². The lowest BCUT2D eigenvalue weighted by molar-refractivity contribution is 0.231. The summed E-state index contributed by atoms with van der Waals surface area (Å²) >= 11 is 0. The van der Waals surface area contributed by atoms with E-state index in [9.17, 15) is 19.2 Å². The van der Waals surface area contributed by atoms with Crippen molar-refractivity contribution >= 4 is 89.7 Å². The van der Waals surface area contributed by atoms with Crippen LogP contribution in [0.4, 0.5) is 22.7 Å². The van der Waals surface area contributed by atoms with Crippen molar-refractivity contribution in [3.8, 4) is 45.0 Å². The molecule has 18 heterocycles. The normalized spacial score (nSPS) is 17.6. The van der Waals surface area contributed by atoms with Crippen LogP contribution in [0.1, 0.15) is 62.1 Å². The lowest BCUT2D eigenvalue weighted by atomic mass is 10.1. The summed E-state index contributed by atoms with van der Waals surface area (Å²) < 4.78 is 29.0. The molecule has 0 unspecified atom stereocenters. The van der Waals surface area contributed by atoms with Crippen molar-refractivity contribution in [2.45, 2.75) is 78.3 Å². The molecule has 6 aliphatic heterocycles. The van der Waals surface area contributed by atoms with Crippen LogP contribution in [0.25, 0.3) is 112 Å². The zero-order chi connectivity index (χ0) is 79.5. The molecule has 0 spiro atoms. The van der Waals surface area contributed by atoms with E-state index in [2.05, 4.69) is 84.8 Å². The van der Waals surface area contributed by atoms with Crippen LogP contribution in [0.2, 0.25) is 0 Å². The van der Waals surface area contributed by atoms with Gasteiger partial charge in [-0.3, -0.25) is 46.6 Å². The van der Waals surface area contributed by atoms with Gasteiger partial charge in [-0.1, -0.05) is 24.3 Å². The van der Waals surface area contributed by atoms with E-state index in [1.54, 1.807) is 41.9 Å². The third-order valence-electron chi connectivity index (χ3n) is 23.4. The summed E-state index contributed by atoms with van der Waals surface area (Å²) in [5, 5.41) is 3.40. The van der Waals surface area contributed by atoms with E-state index < -0.39 is 0 Å². The summed E-state index contributed by atoms with van der Waals surface area (Å²) in [5.41, 5.74) is 18.4. The minimum atomic E-state index is -0.0938. The van der Waals surface area contributed by atoms with Crippen LogP contribution < -0.4 is 47.2 Å². The van der Waals surface area contributed by atoms with Crippen molar-refractivity contribution in [3.63, 3.8) is 0 Å². The van der Waals surface area contributed by atoms with E-state index in [0.717, 1.165) is 172 Å². The van der Waals surface area contributed by atoms with Crippen molar-refractivity contribution < 1.29 is 17.7 Å². The van der Waals surface area contributed by atoms with Crippen LogP contribution in [0.15, 0.2) is 207 Å². The Kier molecular flexibility index (Phi) is 20.0. The van der Waals surface area contributed by atoms with Gasteiger partial charge in [-0.05, 0) is 169 Å². The Balaban J connectivity index is 0.000000104. The van der Waals surface area contributed by atoms with E-state index in [1.165, 1.54) is 38.8 Å². The van der Waals surface area contributed by atoms with Gasteiger partial charge in [0.05, 0.1) is 45.5 Å². The first-order chi connectivity index (χ1) is 57.0. The van der Waals surface area contributed by atoms with E-state index >= 15 is 0 Å². The van der Waals surface area contributed by atoms with Gasteiger partial charge >= 0.3 is 0 Å². The minimum Gasteiger partial charge on any atom is -0.441 e. The van der Waals surface area contributed by atoms with Gasteiger partial charge in [0.15, 0.2) is 45.9 Å². The fraction of sp³-hybridized carbons (Fsp3) is 0.326. The maximum Gasteiger partial charge on any atom is 0.258 e. The monoisotopic (exact) mass is 1570 g/mol. The van der Waals surface area contributed by atoms with E-state index in [-0.39, 0.29) is 22.2 Å². The second-order valence-corrected chi connectivity index (χ2v) is 31.3. The molecule has 28 heteroatoms. The molecule has 28 nitrogen and oxygen atoms in total. The van der Waals surface area contributed by atoms with Crippen LogP contribution in [-0.4, -0.2) is 196 Å². The Bertz CT molecular complexity index is 6520. The highest BCUT2D eigenvalue weighted by Gasteiger charge is 2.33. The minimum absolute atomic E-state index is 0.0785. The van der Waals surface area contributed by atoms with Gasteiger partial charge in [0, 0.05) is 190 Å². The average Bonchev–Trinajstić information content (AvgIpc) is 1.39. The standard InChI is InChI=1S/2C23H23N5O2.C22H23N5O2.C21H21N5O2/c2*1-15-24-19-6-4-16(11-21(19)30-15)20-12-23(29)28-14-18(5-7-22(28)25-20)27-10-9-26-8-2-3-17(26)13-27;1-15-23-18-6-4-16(12-20(18)29-15)19-13-22(28)27-14-17(5-7-21(27)24-19)26-9-3-8-25(2)10-11-26;1-14-23-17-5-3-15(11-19(17)28-14)18-12-21(27)26-13-16(4-6-20(26)24-18)25-9-2-7-22-8-10-25/h2*4-7,11-12,14,17H,2-3,8-10,13H2,1H3;4-7,12-14H,3,8-11H2,1-2H3;3-6,11-13,22H,2,7-10H2,1H3/t2*17-;;/m10../s1. The highest BCUT2D eigenvalue weighted by Crippen LogP contribution is 2.33. The fourth-order valence-electron chi connectivity index (χ4n) is 17.4. The van der Waals surface area contributed by atoms with E-state index in [0.29, 0.717) is 103 Å². The van der Waals surface area contributed by atoms with E-state index in [4.69, 9.17) is 37.6 Å². The number of piperazine rings is 2. The highest BCUT2D eigenvalue weighted by atomic mass is 16.4. The van der Waals surface area contributed by atoms with Crippen LogP contribution >= 0.6 is 0 Å². The summed E-state index contributed by atoms with van der Waals surface area (Å²) in [4.78, 5) is 105. The molecule has 2 atom stereocenters. The van der Waals surface area contributed by atoms with Gasteiger partial charge in [-0.15, -0.1) is 0 Å². The number of hydrogen-bond donors (Lipinski definition) is 1. The molecule has 12 aromatic heterocycles. The Hall–Kier alpha value is -12.8. The maximum atomic E-state index is 12.9. The fourth-order valence-corrected chi connectivity index (χ4v) is 17.4. The predicted octanol–water partition coefficient (Wildman–Crippen LogP) is 11.8. The first kappa shape index (κ1) is 74.4. The zero-order valence-electron chi connectivity index (χ0n) is 66.1. The largest absolute Gasteiger partial charge is 0.441 e. The maximum absolute atomic E-state index is 12.9. The second kappa shape index (κ2) is 31.4. The molecule has 0 amide bonds. The number of fused-ring (bicyclic) bond motifs is 10. The number of hydrogen-bond acceptors (Lipinski definition) is 24. The van der Waals surface area contributed by atoms with Gasteiger partial charge < -0.3 is 47.5 Å². The van der Waals surface area contributed by atoms with Crippen molar-refractivity contribution in [2.24, 2.45) is 0 Å². The van der Waals surface area contributed by atoms with Crippen molar-refractivity contribution in [2.75, 3.05) is 131 Å². The summed E-state index contributed by atoms with van der Waals surface area (Å²) in [7, 11) is 2.15. The van der Waals surface area contributed by atoms with Gasteiger partial charge in [0.2, 0.25) is 0 Å². The Morgan fingerprint density at radius 3 is 1.02 bits per heavy atom. The van der Waals surface area contributed by atoms with Crippen molar-refractivity contribution in [1.29, 1.82) is 0 Å². The number of likely N-dealkylation sites (N-methyl/N-ethyl adjacent to an activating group) is 1. The Morgan fingerprint density at radius 2 is 0.650 bits per heavy atom. The highest BCUT2D eigenvalue weighted by molar-refractivity contribution is 5.83. The molecule has 16 aromatic rings.